The average Bonchev–Trinajstić information content (AvgIpc) is 3.20. The van der Waals surface area contributed by atoms with E-state index in [-0.39, 0.29) is 18.1 Å². The number of hydrogen-bond donors (Lipinski definition) is 1. The van der Waals surface area contributed by atoms with Crippen molar-refractivity contribution in [3.63, 3.8) is 0 Å². The number of aromatic nitrogens is 2. The van der Waals surface area contributed by atoms with E-state index in [1.54, 1.807) is 31.4 Å². The van der Waals surface area contributed by atoms with Gasteiger partial charge in [0.05, 0.1) is 25.6 Å². The van der Waals surface area contributed by atoms with Gasteiger partial charge in [-0.05, 0) is 49.4 Å². The van der Waals surface area contributed by atoms with E-state index in [9.17, 15) is 17.6 Å². The zero-order valence-electron chi connectivity index (χ0n) is 17.1. The van der Waals surface area contributed by atoms with Crippen LogP contribution in [0.15, 0.2) is 53.1 Å². The van der Waals surface area contributed by atoms with Crippen LogP contribution in [-0.4, -0.2) is 43.9 Å². The number of ether oxygens (including phenoxy) is 1. The molecule has 0 saturated carbocycles. The Bertz CT molecular complexity index is 1160. The molecule has 1 heterocycles. The zero-order chi connectivity index (χ0) is 22.6. The summed E-state index contributed by atoms with van der Waals surface area (Å²) in [7, 11) is -2.30. The highest BCUT2D eigenvalue weighted by Crippen LogP contribution is 2.22. The number of benzene rings is 2. The highest BCUT2D eigenvalue weighted by atomic mass is 32.2. The average molecular weight is 448 g/mol. The molecule has 0 spiro atoms. The Kier molecular flexibility index (Phi) is 6.54. The molecule has 0 unspecified atom stereocenters. The van der Waals surface area contributed by atoms with E-state index < -0.39 is 27.8 Å². The summed E-state index contributed by atoms with van der Waals surface area (Å²) in [6, 6.07) is 10.9. The van der Waals surface area contributed by atoms with Crippen LogP contribution >= 0.6 is 0 Å². The molecule has 0 bridgehead atoms. The standard InChI is InChI=1S/C20H21FN4O5S/c1-13(25(31(3,27)28)16-6-4-5-15(21)11-16)20(26)22-12-18-23-19(24-30-18)14-7-9-17(29-2)10-8-14/h4-11,13H,12H2,1-3H3,(H,22,26)/t13-/m0/s1. The van der Waals surface area contributed by atoms with E-state index in [0.717, 1.165) is 16.6 Å². The van der Waals surface area contributed by atoms with E-state index in [1.165, 1.54) is 25.1 Å². The summed E-state index contributed by atoms with van der Waals surface area (Å²) in [6.07, 6.45) is 0.945. The zero-order valence-corrected chi connectivity index (χ0v) is 17.9. The molecular weight excluding hydrogens is 427 g/mol. The van der Waals surface area contributed by atoms with Gasteiger partial charge in [-0.1, -0.05) is 11.2 Å². The van der Waals surface area contributed by atoms with Crippen molar-refractivity contribution in [2.24, 2.45) is 0 Å². The Morgan fingerprint density at radius 1 is 1.26 bits per heavy atom. The molecule has 9 nitrogen and oxygen atoms in total. The van der Waals surface area contributed by atoms with Crippen LogP contribution < -0.4 is 14.4 Å². The van der Waals surface area contributed by atoms with Crippen molar-refractivity contribution in [3.05, 3.63) is 60.2 Å². The summed E-state index contributed by atoms with van der Waals surface area (Å²) >= 11 is 0. The fourth-order valence-electron chi connectivity index (χ4n) is 2.92. The third-order valence-electron chi connectivity index (χ3n) is 4.38. The molecule has 0 saturated heterocycles. The van der Waals surface area contributed by atoms with Crippen molar-refractivity contribution >= 4 is 21.6 Å². The number of anilines is 1. The van der Waals surface area contributed by atoms with E-state index in [4.69, 9.17) is 9.26 Å². The van der Waals surface area contributed by atoms with E-state index in [0.29, 0.717) is 17.1 Å². The number of carbonyl (C=O) groups excluding carboxylic acids is 1. The Morgan fingerprint density at radius 2 is 1.97 bits per heavy atom. The van der Waals surface area contributed by atoms with E-state index in [1.807, 2.05) is 0 Å². The largest absolute Gasteiger partial charge is 0.497 e. The first-order valence-corrected chi connectivity index (χ1v) is 11.0. The van der Waals surface area contributed by atoms with Crippen LogP contribution in [0.3, 0.4) is 0 Å². The fraction of sp³-hybridized carbons (Fsp3) is 0.250. The van der Waals surface area contributed by atoms with Crippen LogP contribution in [0.4, 0.5) is 10.1 Å². The Hall–Kier alpha value is -3.47. The third-order valence-corrected chi connectivity index (χ3v) is 5.62. The molecule has 3 aromatic rings. The molecule has 0 radical (unpaired) electrons. The van der Waals surface area contributed by atoms with Gasteiger partial charge >= 0.3 is 0 Å². The molecule has 3 rings (SSSR count). The van der Waals surface area contributed by atoms with Crippen LogP contribution in [0.2, 0.25) is 0 Å². The van der Waals surface area contributed by atoms with Gasteiger partial charge in [0.2, 0.25) is 27.6 Å². The molecule has 0 aliphatic heterocycles. The van der Waals surface area contributed by atoms with Gasteiger partial charge in [0.1, 0.15) is 17.6 Å². The number of hydrogen-bond acceptors (Lipinski definition) is 7. The lowest BCUT2D eigenvalue weighted by atomic mass is 10.2. The Balaban J connectivity index is 1.70. The summed E-state index contributed by atoms with van der Waals surface area (Å²) in [5.74, 6) is -0.0717. The van der Waals surface area contributed by atoms with Crippen LogP contribution in [0, 0.1) is 5.82 Å². The first-order valence-electron chi connectivity index (χ1n) is 9.18. The van der Waals surface area contributed by atoms with Crippen molar-refractivity contribution in [2.45, 2.75) is 19.5 Å². The SMILES string of the molecule is COc1ccc(-c2noc(CNC(=O)[C@H](C)N(c3cccc(F)c3)S(C)(=O)=O)n2)cc1. The molecule has 31 heavy (non-hydrogen) atoms. The molecule has 164 valence electrons. The van der Waals surface area contributed by atoms with Gasteiger partial charge in [-0.2, -0.15) is 4.98 Å². The number of amides is 1. The number of carbonyl (C=O) groups is 1. The first kappa shape index (κ1) is 22.2. The molecule has 1 amide bonds. The Labute approximate surface area is 178 Å². The maximum absolute atomic E-state index is 13.6. The van der Waals surface area contributed by atoms with Gasteiger partial charge < -0.3 is 14.6 Å². The molecule has 1 N–H and O–H groups in total. The second kappa shape index (κ2) is 9.13. The van der Waals surface area contributed by atoms with Crippen molar-refractivity contribution in [1.82, 2.24) is 15.5 Å². The van der Waals surface area contributed by atoms with Gasteiger partial charge in [-0.25, -0.2) is 12.8 Å². The van der Waals surface area contributed by atoms with Crippen LogP contribution in [-0.2, 0) is 21.4 Å². The fourth-order valence-corrected chi connectivity index (χ4v) is 4.08. The molecule has 1 atom stereocenters. The minimum atomic E-state index is -3.86. The van der Waals surface area contributed by atoms with Crippen molar-refractivity contribution in [1.29, 1.82) is 0 Å². The number of nitrogens with zero attached hydrogens (tertiary/aromatic N) is 3. The van der Waals surface area contributed by atoms with Gasteiger partial charge in [-0.3, -0.25) is 9.10 Å². The third kappa shape index (κ3) is 5.37. The van der Waals surface area contributed by atoms with Crippen molar-refractivity contribution in [2.75, 3.05) is 17.7 Å². The molecule has 0 fully saturated rings. The van der Waals surface area contributed by atoms with Gasteiger partial charge in [0, 0.05) is 5.56 Å². The normalized spacial score (nSPS) is 12.3. The molecule has 2 aromatic carbocycles. The van der Waals surface area contributed by atoms with Crippen LogP contribution in [0.1, 0.15) is 12.8 Å². The van der Waals surface area contributed by atoms with Crippen LogP contribution in [0.25, 0.3) is 11.4 Å². The summed E-state index contributed by atoms with van der Waals surface area (Å²) in [5, 5.41) is 6.43. The lowest BCUT2D eigenvalue weighted by Gasteiger charge is -2.28. The Morgan fingerprint density at radius 3 is 2.58 bits per heavy atom. The number of sulfonamides is 1. The predicted molar refractivity (Wildman–Crippen MR) is 111 cm³/mol. The summed E-state index contributed by atoms with van der Waals surface area (Å²) in [5.41, 5.74) is 0.745. The topological polar surface area (TPSA) is 115 Å². The molecular formula is C20H21FN4O5S. The van der Waals surface area contributed by atoms with Gasteiger partial charge in [-0.15, -0.1) is 0 Å². The van der Waals surface area contributed by atoms with Crippen molar-refractivity contribution in [3.8, 4) is 17.1 Å². The quantitative estimate of drug-likeness (QED) is 0.563. The molecule has 1 aromatic heterocycles. The minimum absolute atomic E-state index is 0.0460. The van der Waals surface area contributed by atoms with Gasteiger partial charge in [0.25, 0.3) is 0 Å². The lowest BCUT2D eigenvalue weighted by Crippen LogP contribution is -2.47. The monoisotopic (exact) mass is 448 g/mol. The second-order valence-corrected chi connectivity index (χ2v) is 8.53. The van der Waals surface area contributed by atoms with Gasteiger partial charge in [0.15, 0.2) is 0 Å². The van der Waals surface area contributed by atoms with E-state index in [2.05, 4.69) is 15.5 Å². The smallest absolute Gasteiger partial charge is 0.246 e. The summed E-state index contributed by atoms with van der Waals surface area (Å²) in [4.78, 5) is 16.8. The first-order chi connectivity index (χ1) is 14.7. The summed E-state index contributed by atoms with van der Waals surface area (Å²) in [6.45, 7) is 1.30. The molecule has 0 aliphatic rings. The highest BCUT2D eigenvalue weighted by Gasteiger charge is 2.29. The summed E-state index contributed by atoms with van der Waals surface area (Å²) < 4.78 is 49.2. The number of halogens is 1. The molecule has 11 heteroatoms. The van der Waals surface area contributed by atoms with E-state index >= 15 is 0 Å². The lowest BCUT2D eigenvalue weighted by molar-refractivity contribution is -0.122. The highest BCUT2D eigenvalue weighted by molar-refractivity contribution is 7.92. The van der Waals surface area contributed by atoms with Crippen LogP contribution in [0.5, 0.6) is 5.75 Å². The second-order valence-electron chi connectivity index (χ2n) is 6.67. The maximum atomic E-state index is 13.6. The number of methoxy groups -OCH3 is 1. The number of rotatable bonds is 8. The minimum Gasteiger partial charge on any atom is -0.497 e. The maximum Gasteiger partial charge on any atom is 0.246 e. The van der Waals surface area contributed by atoms with Crippen molar-refractivity contribution < 1.29 is 26.9 Å². The number of nitrogens with one attached hydrogen (secondary N) is 1. The predicted octanol–water partition coefficient (Wildman–Crippen LogP) is 2.36. The molecule has 0 aliphatic carbocycles.